The molecule has 3 aromatic rings. The molecule has 2 heterocycles. The SMILES string of the molecule is C/C(=N\NC(=O)c1sc2ccccc2c1Cl)c1ccc(C)o1. The average molecular weight is 333 g/mol. The second kappa shape index (κ2) is 5.94. The summed E-state index contributed by atoms with van der Waals surface area (Å²) in [5.41, 5.74) is 3.12. The summed E-state index contributed by atoms with van der Waals surface area (Å²) in [6, 6.07) is 11.3. The van der Waals surface area contributed by atoms with E-state index in [9.17, 15) is 4.79 Å². The monoisotopic (exact) mass is 332 g/mol. The minimum atomic E-state index is -0.325. The van der Waals surface area contributed by atoms with E-state index < -0.39 is 0 Å². The fourth-order valence-electron chi connectivity index (χ4n) is 2.03. The summed E-state index contributed by atoms with van der Waals surface area (Å²) >= 11 is 7.62. The molecule has 3 rings (SSSR count). The van der Waals surface area contributed by atoms with Crippen LogP contribution in [0, 0.1) is 6.92 Å². The van der Waals surface area contributed by atoms with E-state index in [1.165, 1.54) is 11.3 Å². The van der Waals surface area contributed by atoms with Gasteiger partial charge in [-0.2, -0.15) is 5.10 Å². The van der Waals surface area contributed by atoms with E-state index in [0.717, 1.165) is 15.8 Å². The van der Waals surface area contributed by atoms with Gasteiger partial charge in [0.05, 0.1) is 5.02 Å². The predicted molar refractivity (Wildman–Crippen MR) is 90.0 cm³/mol. The van der Waals surface area contributed by atoms with Crippen molar-refractivity contribution >= 4 is 44.6 Å². The number of fused-ring (bicyclic) bond motifs is 1. The maximum Gasteiger partial charge on any atom is 0.283 e. The molecule has 6 heteroatoms. The molecule has 0 saturated carbocycles. The van der Waals surface area contributed by atoms with Crippen molar-refractivity contribution in [3.05, 3.63) is 57.8 Å². The fourth-order valence-corrected chi connectivity index (χ4v) is 3.44. The number of rotatable bonds is 3. The van der Waals surface area contributed by atoms with Gasteiger partial charge in [0.1, 0.15) is 22.1 Å². The number of aryl methyl sites for hydroxylation is 1. The third kappa shape index (κ3) is 2.77. The van der Waals surface area contributed by atoms with Crippen LogP contribution in [0.1, 0.15) is 28.1 Å². The summed E-state index contributed by atoms with van der Waals surface area (Å²) in [5.74, 6) is 1.09. The normalized spacial score (nSPS) is 11.9. The van der Waals surface area contributed by atoms with Gasteiger partial charge in [0.2, 0.25) is 0 Å². The van der Waals surface area contributed by atoms with E-state index in [-0.39, 0.29) is 5.91 Å². The van der Waals surface area contributed by atoms with E-state index in [2.05, 4.69) is 10.5 Å². The second-order valence-electron chi connectivity index (χ2n) is 4.79. The molecule has 0 atom stereocenters. The number of benzene rings is 1. The lowest BCUT2D eigenvalue weighted by atomic mass is 10.2. The van der Waals surface area contributed by atoms with E-state index in [4.69, 9.17) is 16.0 Å². The summed E-state index contributed by atoms with van der Waals surface area (Å²) in [6.45, 7) is 3.62. The van der Waals surface area contributed by atoms with Crippen molar-refractivity contribution in [2.24, 2.45) is 5.10 Å². The van der Waals surface area contributed by atoms with Crippen molar-refractivity contribution in [1.82, 2.24) is 5.43 Å². The molecule has 1 N–H and O–H groups in total. The molecule has 2 aromatic heterocycles. The van der Waals surface area contributed by atoms with Gasteiger partial charge in [-0.1, -0.05) is 29.8 Å². The van der Waals surface area contributed by atoms with Crippen LogP contribution in [0.15, 0.2) is 45.9 Å². The number of hydrogen-bond acceptors (Lipinski definition) is 4. The molecule has 4 nitrogen and oxygen atoms in total. The topological polar surface area (TPSA) is 54.6 Å². The Morgan fingerprint density at radius 3 is 2.73 bits per heavy atom. The molecule has 0 bridgehead atoms. The smallest absolute Gasteiger partial charge is 0.283 e. The molecule has 1 amide bonds. The highest BCUT2D eigenvalue weighted by atomic mass is 35.5. The molecule has 0 saturated heterocycles. The van der Waals surface area contributed by atoms with Crippen LogP contribution in [0.3, 0.4) is 0 Å². The number of nitrogens with zero attached hydrogens (tertiary/aromatic N) is 1. The van der Waals surface area contributed by atoms with Gasteiger partial charge in [0.15, 0.2) is 0 Å². The summed E-state index contributed by atoms with van der Waals surface area (Å²) in [5, 5.41) is 5.40. The molecule has 1 aromatic carbocycles. The Morgan fingerprint density at radius 1 is 1.27 bits per heavy atom. The minimum absolute atomic E-state index is 0.325. The third-order valence-corrected chi connectivity index (χ3v) is 4.84. The Labute approximate surface area is 136 Å². The lowest BCUT2D eigenvalue weighted by molar-refractivity contribution is 0.0959. The maximum atomic E-state index is 12.3. The lowest BCUT2D eigenvalue weighted by Gasteiger charge is -1.99. The van der Waals surface area contributed by atoms with Crippen molar-refractivity contribution < 1.29 is 9.21 Å². The van der Waals surface area contributed by atoms with Crippen LogP contribution < -0.4 is 5.43 Å². The van der Waals surface area contributed by atoms with Crippen molar-refractivity contribution in [3.8, 4) is 0 Å². The summed E-state index contributed by atoms with van der Waals surface area (Å²) in [7, 11) is 0. The Hall–Kier alpha value is -2.11. The van der Waals surface area contributed by atoms with Gasteiger partial charge in [-0.05, 0) is 32.0 Å². The Morgan fingerprint density at radius 2 is 2.05 bits per heavy atom. The largest absolute Gasteiger partial charge is 0.460 e. The zero-order chi connectivity index (χ0) is 15.7. The molecular formula is C16H13ClN2O2S. The summed E-state index contributed by atoms with van der Waals surface area (Å²) in [4.78, 5) is 12.7. The van der Waals surface area contributed by atoms with E-state index in [1.54, 1.807) is 6.92 Å². The number of carbonyl (C=O) groups excluding carboxylic acids is 1. The number of hydrazone groups is 1. The lowest BCUT2D eigenvalue weighted by Crippen LogP contribution is -2.18. The standard InChI is InChI=1S/C16H13ClN2O2S/c1-9-7-8-12(21-9)10(2)18-19-16(20)15-14(17)11-5-3-4-6-13(11)22-15/h3-8H,1-2H3,(H,19,20)/b18-10+. The summed E-state index contributed by atoms with van der Waals surface area (Å²) < 4.78 is 6.42. The number of halogens is 1. The first-order valence-corrected chi connectivity index (χ1v) is 7.84. The van der Waals surface area contributed by atoms with E-state index in [1.807, 2.05) is 43.3 Å². The van der Waals surface area contributed by atoms with Crippen LogP contribution in [-0.2, 0) is 0 Å². The number of hydrogen-bond donors (Lipinski definition) is 1. The zero-order valence-electron chi connectivity index (χ0n) is 12.0. The molecule has 0 aliphatic heterocycles. The number of carbonyl (C=O) groups is 1. The van der Waals surface area contributed by atoms with E-state index >= 15 is 0 Å². The molecule has 112 valence electrons. The van der Waals surface area contributed by atoms with Crippen LogP contribution >= 0.6 is 22.9 Å². The van der Waals surface area contributed by atoms with Crippen LogP contribution in [0.2, 0.25) is 5.02 Å². The van der Waals surface area contributed by atoms with Crippen molar-refractivity contribution in [3.63, 3.8) is 0 Å². The predicted octanol–water partition coefficient (Wildman–Crippen LogP) is 4.61. The number of thiophene rings is 1. The number of furan rings is 1. The van der Waals surface area contributed by atoms with Crippen LogP contribution in [0.5, 0.6) is 0 Å². The van der Waals surface area contributed by atoms with Gasteiger partial charge in [-0.3, -0.25) is 4.79 Å². The first-order valence-electron chi connectivity index (χ1n) is 6.64. The van der Waals surface area contributed by atoms with Crippen molar-refractivity contribution in [2.75, 3.05) is 0 Å². The Balaban J connectivity index is 1.83. The molecule has 0 aliphatic rings. The molecule has 0 unspecified atom stereocenters. The molecule has 0 radical (unpaired) electrons. The van der Waals surface area contributed by atoms with Gasteiger partial charge in [0, 0.05) is 10.1 Å². The second-order valence-corrected chi connectivity index (χ2v) is 6.22. The first kappa shape index (κ1) is 14.8. The van der Waals surface area contributed by atoms with Gasteiger partial charge in [0.25, 0.3) is 5.91 Å². The van der Waals surface area contributed by atoms with Gasteiger partial charge in [-0.15, -0.1) is 11.3 Å². The zero-order valence-corrected chi connectivity index (χ0v) is 13.6. The highest BCUT2D eigenvalue weighted by molar-refractivity contribution is 7.21. The maximum absolute atomic E-state index is 12.3. The highest BCUT2D eigenvalue weighted by Crippen LogP contribution is 2.34. The molecule has 0 spiro atoms. The average Bonchev–Trinajstić information content (AvgIpc) is 3.09. The van der Waals surface area contributed by atoms with Crippen LogP contribution in [0.4, 0.5) is 0 Å². The fraction of sp³-hybridized carbons (Fsp3) is 0.125. The highest BCUT2D eigenvalue weighted by Gasteiger charge is 2.16. The number of nitrogens with one attached hydrogen (secondary N) is 1. The molecule has 0 fully saturated rings. The van der Waals surface area contributed by atoms with E-state index in [0.29, 0.717) is 21.4 Å². The van der Waals surface area contributed by atoms with Crippen LogP contribution in [0.25, 0.3) is 10.1 Å². The van der Waals surface area contributed by atoms with Crippen molar-refractivity contribution in [1.29, 1.82) is 0 Å². The molecule has 0 aliphatic carbocycles. The number of amides is 1. The third-order valence-electron chi connectivity index (χ3n) is 3.16. The summed E-state index contributed by atoms with van der Waals surface area (Å²) in [6.07, 6.45) is 0. The van der Waals surface area contributed by atoms with Gasteiger partial charge < -0.3 is 4.42 Å². The van der Waals surface area contributed by atoms with Gasteiger partial charge >= 0.3 is 0 Å². The van der Waals surface area contributed by atoms with Crippen molar-refractivity contribution in [2.45, 2.75) is 13.8 Å². The molecular weight excluding hydrogens is 320 g/mol. The quantitative estimate of drug-likeness (QED) is 0.562. The Bertz CT molecular complexity index is 879. The van der Waals surface area contributed by atoms with Crippen LogP contribution in [-0.4, -0.2) is 11.6 Å². The van der Waals surface area contributed by atoms with Gasteiger partial charge in [-0.25, -0.2) is 5.43 Å². The minimum Gasteiger partial charge on any atom is -0.460 e. The first-order chi connectivity index (χ1) is 10.6. The Kier molecular flexibility index (Phi) is 4.00. The molecule has 22 heavy (non-hydrogen) atoms.